The molecule has 2 rings (SSSR count). The molecule has 0 aromatic heterocycles. The first-order chi connectivity index (χ1) is 8.99. The van der Waals surface area contributed by atoms with E-state index in [9.17, 15) is 4.79 Å². The number of carbonyl (C=O) groups is 1. The van der Waals surface area contributed by atoms with Crippen molar-refractivity contribution in [3.63, 3.8) is 0 Å². The van der Waals surface area contributed by atoms with Crippen LogP contribution >= 0.6 is 15.9 Å². The molecular formula is C16H22BrNO. The van der Waals surface area contributed by atoms with Crippen molar-refractivity contribution in [3.05, 3.63) is 33.8 Å². The van der Waals surface area contributed by atoms with Crippen molar-refractivity contribution >= 4 is 21.8 Å². The van der Waals surface area contributed by atoms with Crippen LogP contribution in [0.4, 0.5) is 0 Å². The molecule has 0 radical (unpaired) electrons. The van der Waals surface area contributed by atoms with Gasteiger partial charge in [0.2, 0.25) is 0 Å². The lowest BCUT2D eigenvalue weighted by Gasteiger charge is -2.33. The predicted octanol–water partition coefficient (Wildman–Crippen LogP) is 4.31. The molecule has 1 fully saturated rings. The second-order valence-electron chi connectivity index (χ2n) is 5.91. The molecule has 1 aliphatic carbocycles. The van der Waals surface area contributed by atoms with Crippen molar-refractivity contribution in [1.29, 1.82) is 0 Å². The lowest BCUT2D eigenvalue weighted by atomic mass is 9.80. The quantitative estimate of drug-likeness (QED) is 0.863. The first-order valence-corrected chi connectivity index (χ1v) is 7.84. The molecule has 1 aliphatic rings. The number of hydrogen-bond acceptors (Lipinski definition) is 1. The summed E-state index contributed by atoms with van der Waals surface area (Å²) in [5, 5.41) is 3.20. The molecule has 0 aliphatic heterocycles. The highest BCUT2D eigenvalue weighted by molar-refractivity contribution is 9.10. The number of hydrogen-bond donors (Lipinski definition) is 1. The Morgan fingerprint density at radius 3 is 2.74 bits per heavy atom. The van der Waals surface area contributed by atoms with Crippen molar-refractivity contribution in [2.75, 3.05) is 0 Å². The average Bonchev–Trinajstić information content (AvgIpc) is 2.36. The normalized spacial score (nSPS) is 27.1. The highest BCUT2D eigenvalue weighted by Gasteiger charge is 2.27. The van der Waals surface area contributed by atoms with Crippen LogP contribution in [0.25, 0.3) is 0 Å². The number of amides is 1. The van der Waals surface area contributed by atoms with Crippen LogP contribution in [0.1, 0.15) is 49.0 Å². The molecular weight excluding hydrogens is 302 g/mol. The van der Waals surface area contributed by atoms with Crippen molar-refractivity contribution in [2.45, 2.75) is 46.1 Å². The Hall–Kier alpha value is -0.830. The third-order valence-electron chi connectivity index (χ3n) is 4.18. The largest absolute Gasteiger partial charge is 0.349 e. The summed E-state index contributed by atoms with van der Waals surface area (Å²) >= 11 is 3.51. The fourth-order valence-electron chi connectivity index (χ4n) is 2.95. The molecule has 104 valence electrons. The first-order valence-electron chi connectivity index (χ1n) is 7.05. The summed E-state index contributed by atoms with van der Waals surface area (Å²) < 4.78 is 0.907. The summed E-state index contributed by atoms with van der Waals surface area (Å²) in [5.74, 6) is 1.40. The van der Waals surface area contributed by atoms with Gasteiger partial charge in [-0.1, -0.05) is 26.0 Å². The zero-order valence-corrected chi connectivity index (χ0v) is 13.5. The van der Waals surface area contributed by atoms with E-state index >= 15 is 0 Å². The summed E-state index contributed by atoms with van der Waals surface area (Å²) in [4.78, 5) is 12.4. The monoisotopic (exact) mass is 323 g/mol. The third kappa shape index (κ3) is 3.38. The Morgan fingerprint density at radius 1 is 1.32 bits per heavy atom. The van der Waals surface area contributed by atoms with Crippen molar-refractivity contribution in [2.24, 2.45) is 11.8 Å². The number of rotatable bonds is 2. The molecule has 1 aromatic carbocycles. The van der Waals surface area contributed by atoms with Crippen LogP contribution in [-0.4, -0.2) is 11.9 Å². The third-order valence-corrected chi connectivity index (χ3v) is 5.24. The lowest BCUT2D eigenvalue weighted by Crippen LogP contribution is -2.42. The van der Waals surface area contributed by atoms with Crippen LogP contribution < -0.4 is 5.32 Å². The number of carbonyl (C=O) groups excluding carboxylic acids is 1. The fraction of sp³-hybridized carbons (Fsp3) is 0.562. The van der Waals surface area contributed by atoms with E-state index in [0.717, 1.165) is 27.9 Å². The Balaban J connectivity index is 2.07. The Bertz CT molecular complexity index is 472. The number of aryl methyl sites for hydroxylation is 1. The summed E-state index contributed by atoms with van der Waals surface area (Å²) in [5.41, 5.74) is 1.84. The molecule has 3 atom stereocenters. The molecule has 0 heterocycles. The van der Waals surface area contributed by atoms with E-state index in [1.54, 1.807) is 0 Å². The second kappa shape index (κ2) is 6.08. The molecule has 19 heavy (non-hydrogen) atoms. The highest BCUT2D eigenvalue weighted by atomic mass is 79.9. The fourth-order valence-corrected chi connectivity index (χ4v) is 3.39. The van der Waals surface area contributed by atoms with Gasteiger partial charge in [-0.3, -0.25) is 4.79 Å². The SMILES string of the molecule is Cc1cccc(C(=O)NC2CCC(C)CC2C)c1Br. The second-order valence-corrected chi connectivity index (χ2v) is 6.70. The van der Waals surface area contributed by atoms with Gasteiger partial charge in [-0.05, 0) is 65.6 Å². The van der Waals surface area contributed by atoms with Crippen molar-refractivity contribution in [3.8, 4) is 0 Å². The van der Waals surface area contributed by atoms with Gasteiger partial charge in [0.25, 0.3) is 5.91 Å². The van der Waals surface area contributed by atoms with Crippen LogP contribution in [-0.2, 0) is 0 Å². The number of benzene rings is 1. The van der Waals surface area contributed by atoms with Gasteiger partial charge in [-0.2, -0.15) is 0 Å². The van der Waals surface area contributed by atoms with E-state index in [-0.39, 0.29) is 5.91 Å². The van der Waals surface area contributed by atoms with Gasteiger partial charge in [0, 0.05) is 10.5 Å². The van der Waals surface area contributed by atoms with Crippen LogP contribution in [0, 0.1) is 18.8 Å². The van der Waals surface area contributed by atoms with Gasteiger partial charge in [0.1, 0.15) is 0 Å². The molecule has 1 saturated carbocycles. The van der Waals surface area contributed by atoms with Gasteiger partial charge < -0.3 is 5.32 Å². The number of halogens is 1. The Morgan fingerprint density at radius 2 is 2.05 bits per heavy atom. The molecule has 0 bridgehead atoms. The standard InChI is InChI=1S/C16H22BrNO/c1-10-7-8-14(12(3)9-10)18-16(19)13-6-4-5-11(2)15(13)17/h4-6,10,12,14H,7-9H2,1-3H3,(H,18,19). The minimum atomic E-state index is 0.0435. The van der Waals surface area contributed by atoms with E-state index in [1.807, 2.05) is 25.1 Å². The number of nitrogens with one attached hydrogen (secondary N) is 1. The minimum Gasteiger partial charge on any atom is -0.349 e. The van der Waals surface area contributed by atoms with Gasteiger partial charge >= 0.3 is 0 Å². The van der Waals surface area contributed by atoms with Gasteiger partial charge in [0.15, 0.2) is 0 Å². The van der Waals surface area contributed by atoms with Crippen LogP contribution in [0.5, 0.6) is 0 Å². The Labute approximate surface area is 124 Å². The molecule has 0 spiro atoms. The maximum absolute atomic E-state index is 12.4. The van der Waals surface area contributed by atoms with Gasteiger partial charge in [0.05, 0.1) is 5.56 Å². The molecule has 2 nitrogen and oxygen atoms in total. The molecule has 0 saturated heterocycles. The van der Waals surface area contributed by atoms with E-state index in [0.29, 0.717) is 12.0 Å². The Kier molecular flexibility index (Phi) is 4.67. The average molecular weight is 324 g/mol. The zero-order chi connectivity index (χ0) is 14.0. The molecule has 1 N–H and O–H groups in total. The predicted molar refractivity (Wildman–Crippen MR) is 82.3 cm³/mol. The first kappa shape index (κ1) is 14.6. The summed E-state index contributed by atoms with van der Waals surface area (Å²) in [6.07, 6.45) is 3.52. The van der Waals surface area contributed by atoms with Gasteiger partial charge in [-0.25, -0.2) is 0 Å². The molecule has 1 aromatic rings. The van der Waals surface area contributed by atoms with E-state index in [1.165, 1.54) is 12.8 Å². The topological polar surface area (TPSA) is 29.1 Å². The highest BCUT2D eigenvalue weighted by Crippen LogP contribution is 2.29. The van der Waals surface area contributed by atoms with Crippen LogP contribution in [0.2, 0.25) is 0 Å². The molecule has 3 heteroatoms. The molecule has 1 amide bonds. The van der Waals surface area contributed by atoms with E-state index < -0.39 is 0 Å². The van der Waals surface area contributed by atoms with E-state index in [4.69, 9.17) is 0 Å². The summed E-state index contributed by atoms with van der Waals surface area (Å²) in [7, 11) is 0. The van der Waals surface area contributed by atoms with Crippen LogP contribution in [0.3, 0.4) is 0 Å². The molecule has 3 unspecified atom stereocenters. The van der Waals surface area contributed by atoms with Crippen molar-refractivity contribution in [1.82, 2.24) is 5.32 Å². The summed E-state index contributed by atoms with van der Waals surface area (Å²) in [6.45, 7) is 6.54. The summed E-state index contributed by atoms with van der Waals surface area (Å²) in [6, 6.07) is 6.13. The zero-order valence-electron chi connectivity index (χ0n) is 11.9. The smallest absolute Gasteiger partial charge is 0.252 e. The van der Waals surface area contributed by atoms with Gasteiger partial charge in [-0.15, -0.1) is 0 Å². The maximum Gasteiger partial charge on any atom is 0.252 e. The minimum absolute atomic E-state index is 0.0435. The van der Waals surface area contributed by atoms with E-state index in [2.05, 4.69) is 35.1 Å². The maximum atomic E-state index is 12.4. The van der Waals surface area contributed by atoms with Crippen molar-refractivity contribution < 1.29 is 4.79 Å². The lowest BCUT2D eigenvalue weighted by molar-refractivity contribution is 0.0898. The van der Waals surface area contributed by atoms with Crippen LogP contribution in [0.15, 0.2) is 22.7 Å².